The summed E-state index contributed by atoms with van der Waals surface area (Å²) in [7, 11) is 3.23. The third kappa shape index (κ3) is 4.41. The van der Waals surface area contributed by atoms with Crippen LogP contribution in [0.5, 0.6) is 5.75 Å². The largest absolute Gasteiger partial charge is 0.488 e. The van der Waals surface area contributed by atoms with Gasteiger partial charge in [0.2, 0.25) is 0 Å². The van der Waals surface area contributed by atoms with Crippen molar-refractivity contribution in [1.82, 2.24) is 4.90 Å². The Bertz CT molecular complexity index is 1090. The molecule has 0 unspecified atom stereocenters. The molecule has 0 saturated carbocycles. The number of halogens is 1. The lowest BCUT2D eigenvalue weighted by Gasteiger charge is -2.13. The van der Waals surface area contributed by atoms with E-state index in [4.69, 9.17) is 4.74 Å². The van der Waals surface area contributed by atoms with Crippen molar-refractivity contribution in [3.63, 3.8) is 0 Å². The van der Waals surface area contributed by atoms with Crippen molar-refractivity contribution in [2.75, 3.05) is 14.1 Å². The Balaban J connectivity index is 1.93. The van der Waals surface area contributed by atoms with Crippen LogP contribution >= 0.6 is 15.9 Å². The molecule has 0 aliphatic carbocycles. The first-order valence-electron chi connectivity index (χ1n) is 8.72. The quantitative estimate of drug-likeness (QED) is 0.410. The second kappa shape index (κ2) is 8.73. The Morgan fingerprint density at radius 2 is 1.89 bits per heavy atom. The van der Waals surface area contributed by atoms with E-state index in [9.17, 15) is 10.1 Å². The van der Waals surface area contributed by atoms with E-state index in [1.807, 2.05) is 48.5 Å². The molecule has 0 fully saturated rings. The van der Waals surface area contributed by atoms with E-state index in [0.717, 1.165) is 20.8 Å². The predicted molar refractivity (Wildman–Crippen MR) is 115 cm³/mol. The molecule has 0 heterocycles. The standard InChI is InChI=1S/C23H19BrN2O2/c1-26(2)23(27)19(14-25)12-18-13-20(24)10-11-22(18)28-15-17-8-5-7-16-6-3-4-9-21(16)17/h3-13H,15H2,1-2H3/b19-12-. The van der Waals surface area contributed by atoms with Crippen molar-refractivity contribution in [3.8, 4) is 11.8 Å². The summed E-state index contributed by atoms with van der Waals surface area (Å²) >= 11 is 3.44. The first kappa shape index (κ1) is 19.7. The predicted octanol–water partition coefficient (Wildman–Crippen LogP) is 5.18. The molecular weight excluding hydrogens is 416 g/mol. The summed E-state index contributed by atoms with van der Waals surface area (Å²) in [6.45, 7) is 0.382. The minimum atomic E-state index is -0.345. The highest BCUT2D eigenvalue weighted by atomic mass is 79.9. The summed E-state index contributed by atoms with van der Waals surface area (Å²) in [6, 6.07) is 21.8. The van der Waals surface area contributed by atoms with Gasteiger partial charge in [0.05, 0.1) is 0 Å². The highest BCUT2D eigenvalue weighted by Gasteiger charge is 2.13. The van der Waals surface area contributed by atoms with Gasteiger partial charge in [0.15, 0.2) is 0 Å². The average Bonchev–Trinajstić information content (AvgIpc) is 2.70. The fraction of sp³-hybridized carbons (Fsp3) is 0.130. The molecule has 1 amide bonds. The topological polar surface area (TPSA) is 53.3 Å². The Kier molecular flexibility index (Phi) is 6.13. The normalized spacial score (nSPS) is 11.1. The molecule has 5 heteroatoms. The molecule has 0 N–H and O–H groups in total. The minimum Gasteiger partial charge on any atom is -0.488 e. The van der Waals surface area contributed by atoms with Gasteiger partial charge in [-0.15, -0.1) is 0 Å². The Labute approximate surface area is 172 Å². The van der Waals surface area contributed by atoms with E-state index < -0.39 is 0 Å². The number of ether oxygens (including phenoxy) is 1. The van der Waals surface area contributed by atoms with Crippen LogP contribution in [0, 0.1) is 11.3 Å². The summed E-state index contributed by atoms with van der Waals surface area (Å²) in [4.78, 5) is 13.6. The van der Waals surface area contributed by atoms with Gasteiger partial charge >= 0.3 is 0 Å². The Morgan fingerprint density at radius 1 is 1.14 bits per heavy atom. The van der Waals surface area contributed by atoms with Crippen LogP contribution < -0.4 is 4.74 Å². The third-order valence-electron chi connectivity index (χ3n) is 4.29. The maximum atomic E-state index is 12.2. The number of carbonyl (C=O) groups excluding carboxylic acids is 1. The monoisotopic (exact) mass is 434 g/mol. The van der Waals surface area contributed by atoms with Crippen molar-refractivity contribution in [2.45, 2.75) is 6.61 Å². The molecule has 0 spiro atoms. The molecule has 0 bridgehead atoms. The van der Waals surface area contributed by atoms with Crippen LogP contribution in [-0.2, 0) is 11.4 Å². The van der Waals surface area contributed by atoms with Crippen molar-refractivity contribution in [1.29, 1.82) is 5.26 Å². The number of hydrogen-bond acceptors (Lipinski definition) is 3. The average molecular weight is 435 g/mol. The van der Waals surface area contributed by atoms with Gasteiger partial charge in [-0.25, -0.2) is 0 Å². The fourth-order valence-electron chi connectivity index (χ4n) is 2.88. The van der Waals surface area contributed by atoms with Crippen molar-refractivity contribution in [2.24, 2.45) is 0 Å². The van der Waals surface area contributed by atoms with Crippen LogP contribution in [0.4, 0.5) is 0 Å². The van der Waals surface area contributed by atoms with E-state index in [1.165, 1.54) is 4.90 Å². The number of nitriles is 1. The fourth-order valence-corrected chi connectivity index (χ4v) is 3.25. The molecule has 3 aromatic carbocycles. The van der Waals surface area contributed by atoms with Crippen molar-refractivity contribution < 1.29 is 9.53 Å². The molecular formula is C23H19BrN2O2. The summed E-state index contributed by atoms with van der Waals surface area (Å²) < 4.78 is 6.91. The molecule has 0 atom stereocenters. The molecule has 0 aromatic heterocycles. The maximum absolute atomic E-state index is 12.2. The van der Waals surface area contributed by atoms with Gasteiger partial charge < -0.3 is 9.64 Å². The third-order valence-corrected chi connectivity index (χ3v) is 4.79. The highest BCUT2D eigenvalue weighted by molar-refractivity contribution is 9.10. The van der Waals surface area contributed by atoms with Crippen molar-refractivity contribution >= 4 is 38.7 Å². The van der Waals surface area contributed by atoms with Gasteiger partial charge in [0, 0.05) is 24.1 Å². The van der Waals surface area contributed by atoms with E-state index in [-0.39, 0.29) is 11.5 Å². The zero-order chi connectivity index (χ0) is 20.1. The second-order valence-corrected chi connectivity index (χ2v) is 7.39. The van der Waals surface area contributed by atoms with Crippen LogP contribution in [0.3, 0.4) is 0 Å². The molecule has 0 aliphatic heterocycles. The highest BCUT2D eigenvalue weighted by Crippen LogP contribution is 2.28. The summed E-state index contributed by atoms with van der Waals surface area (Å²) in [5.41, 5.74) is 1.79. The SMILES string of the molecule is CN(C)C(=O)/C(C#N)=C\c1cc(Br)ccc1OCc1cccc2ccccc12. The minimum absolute atomic E-state index is 0.0538. The zero-order valence-electron chi connectivity index (χ0n) is 15.6. The first-order valence-corrected chi connectivity index (χ1v) is 9.51. The number of hydrogen-bond donors (Lipinski definition) is 0. The van der Waals surface area contributed by atoms with Crippen molar-refractivity contribution in [3.05, 3.63) is 81.8 Å². The van der Waals surface area contributed by atoms with Crippen LogP contribution in [0.1, 0.15) is 11.1 Å². The second-order valence-electron chi connectivity index (χ2n) is 6.48. The van der Waals surface area contributed by atoms with Crippen LogP contribution in [0.2, 0.25) is 0 Å². The number of fused-ring (bicyclic) bond motifs is 1. The van der Waals surface area contributed by atoms with E-state index >= 15 is 0 Å². The lowest BCUT2D eigenvalue weighted by molar-refractivity contribution is -0.124. The van der Waals surface area contributed by atoms with Gasteiger partial charge in [-0.3, -0.25) is 4.79 Å². The molecule has 3 aromatic rings. The zero-order valence-corrected chi connectivity index (χ0v) is 17.2. The molecule has 0 saturated heterocycles. The number of rotatable bonds is 5. The molecule has 4 nitrogen and oxygen atoms in total. The summed E-state index contributed by atoms with van der Waals surface area (Å²) in [5, 5.41) is 11.7. The Morgan fingerprint density at radius 3 is 2.64 bits per heavy atom. The lowest BCUT2D eigenvalue weighted by Crippen LogP contribution is -2.22. The van der Waals surface area contributed by atoms with Gasteiger partial charge in [-0.05, 0) is 40.6 Å². The van der Waals surface area contributed by atoms with Gasteiger partial charge in [0.25, 0.3) is 5.91 Å². The molecule has 0 aliphatic rings. The Hall–Kier alpha value is -3.10. The first-order chi connectivity index (χ1) is 13.5. The number of carbonyl (C=O) groups is 1. The van der Waals surface area contributed by atoms with Gasteiger partial charge in [-0.1, -0.05) is 58.4 Å². The molecule has 3 rings (SSSR count). The van der Waals surface area contributed by atoms with E-state index in [0.29, 0.717) is 17.9 Å². The number of amides is 1. The molecule has 0 radical (unpaired) electrons. The summed E-state index contributed by atoms with van der Waals surface area (Å²) in [5.74, 6) is 0.262. The van der Waals surface area contributed by atoms with Crippen LogP contribution in [0.15, 0.2) is 70.7 Å². The van der Waals surface area contributed by atoms with Crippen LogP contribution in [-0.4, -0.2) is 24.9 Å². The number of benzene rings is 3. The molecule has 28 heavy (non-hydrogen) atoms. The maximum Gasteiger partial charge on any atom is 0.264 e. The van der Waals surface area contributed by atoms with Gasteiger partial charge in [0.1, 0.15) is 24.0 Å². The summed E-state index contributed by atoms with van der Waals surface area (Å²) in [6.07, 6.45) is 1.56. The number of likely N-dealkylation sites (N-methyl/N-ethyl adjacent to an activating group) is 1. The van der Waals surface area contributed by atoms with E-state index in [2.05, 4.69) is 34.1 Å². The van der Waals surface area contributed by atoms with E-state index in [1.54, 1.807) is 20.2 Å². The molecule has 140 valence electrons. The van der Waals surface area contributed by atoms with Crippen LogP contribution in [0.25, 0.3) is 16.8 Å². The lowest BCUT2D eigenvalue weighted by atomic mass is 10.1. The smallest absolute Gasteiger partial charge is 0.264 e. The number of nitrogens with zero attached hydrogens (tertiary/aromatic N) is 2. The van der Waals surface area contributed by atoms with Gasteiger partial charge in [-0.2, -0.15) is 5.26 Å².